The van der Waals surface area contributed by atoms with Gasteiger partial charge in [-0.05, 0) is 37.5 Å². The maximum Gasteiger partial charge on any atom is 0.236 e. The molecule has 1 atom stereocenters. The zero-order valence-corrected chi connectivity index (χ0v) is 14.5. The number of hydrogen-bond acceptors (Lipinski definition) is 2. The smallest absolute Gasteiger partial charge is 0.236 e. The van der Waals surface area contributed by atoms with Crippen LogP contribution in [0.1, 0.15) is 24.5 Å². The molecule has 3 N–H and O–H groups in total. The zero-order chi connectivity index (χ0) is 15.9. The first-order chi connectivity index (χ1) is 9.78. The van der Waals surface area contributed by atoms with Crippen molar-refractivity contribution in [3.8, 4) is 11.5 Å². The Balaban J connectivity index is 2.41. The van der Waals surface area contributed by atoms with Crippen molar-refractivity contribution >= 4 is 14.0 Å². The minimum Gasteiger partial charge on any atom is -0.355 e. The van der Waals surface area contributed by atoms with Crippen molar-refractivity contribution in [3.05, 3.63) is 35.4 Å². The molecule has 0 fully saturated rings. The lowest BCUT2D eigenvalue weighted by Gasteiger charge is -2.07. The topological polar surface area (TPSA) is 55.1 Å². The van der Waals surface area contributed by atoms with Crippen LogP contribution in [0.15, 0.2) is 24.3 Å². The van der Waals surface area contributed by atoms with Crippen LogP contribution in [0.3, 0.4) is 0 Å². The standard InChI is InChI=1S/C17H26N2OSi/c1-14(18)17(20)19-12-5-6-15-7-9-16(10-8-15)11-13-21(2,3)4/h7-10,14H,5-6,12,18H2,1-4H3,(H,19,20)/t14-/m0/s1. The van der Waals surface area contributed by atoms with Gasteiger partial charge >= 0.3 is 0 Å². The Morgan fingerprint density at radius 3 is 2.43 bits per heavy atom. The molecular weight excluding hydrogens is 276 g/mol. The van der Waals surface area contributed by atoms with Gasteiger partial charge in [0, 0.05) is 12.1 Å². The summed E-state index contributed by atoms with van der Waals surface area (Å²) in [5.41, 5.74) is 11.2. The summed E-state index contributed by atoms with van der Waals surface area (Å²) in [6, 6.07) is 7.93. The van der Waals surface area contributed by atoms with E-state index in [4.69, 9.17) is 5.73 Å². The van der Waals surface area contributed by atoms with Gasteiger partial charge in [0.15, 0.2) is 0 Å². The molecule has 0 heterocycles. The van der Waals surface area contributed by atoms with Crippen molar-refractivity contribution in [1.29, 1.82) is 0 Å². The molecule has 1 rings (SSSR count). The number of nitrogens with one attached hydrogen (secondary N) is 1. The van der Waals surface area contributed by atoms with E-state index in [2.05, 4.69) is 60.7 Å². The molecule has 21 heavy (non-hydrogen) atoms. The molecule has 0 aliphatic carbocycles. The van der Waals surface area contributed by atoms with E-state index in [1.165, 1.54) is 5.56 Å². The van der Waals surface area contributed by atoms with Gasteiger partial charge in [-0.3, -0.25) is 4.79 Å². The molecule has 1 amide bonds. The first kappa shape index (κ1) is 17.5. The minimum atomic E-state index is -1.31. The van der Waals surface area contributed by atoms with Crippen LogP contribution in [-0.4, -0.2) is 26.6 Å². The molecule has 114 valence electrons. The molecule has 0 saturated heterocycles. The van der Waals surface area contributed by atoms with Crippen molar-refractivity contribution in [2.45, 2.75) is 45.4 Å². The molecule has 0 saturated carbocycles. The summed E-state index contributed by atoms with van der Waals surface area (Å²) in [5, 5.41) is 2.82. The third-order valence-electron chi connectivity index (χ3n) is 2.89. The summed E-state index contributed by atoms with van der Waals surface area (Å²) in [5.74, 6) is 3.16. The fourth-order valence-corrected chi connectivity index (χ4v) is 2.20. The molecule has 0 unspecified atom stereocenters. The van der Waals surface area contributed by atoms with Gasteiger partial charge in [0.1, 0.15) is 8.07 Å². The van der Waals surface area contributed by atoms with E-state index in [0.717, 1.165) is 18.4 Å². The van der Waals surface area contributed by atoms with E-state index in [-0.39, 0.29) is 5.91 Å². The van der Waals surface area contributed by atoms with E-state index in [1.807, 2.05) is 0 Å². The second kappa shape index (κ2) is 8.01. The number of benzene rings is 1. The Labute approximate surface area is 129 Å². The molecule has 0 bridgehead atoms. The van der Waals surface area contributed by atoms with Gasteiger partial charge in [-0.1, -0.05) is 37.7 Å². The van der Waals surface area contributed by atoms with Gasteiger partial charge in [-0.15, -0.1) is 5.54 Å². The second-order valence-corrected chi connectivity index (χ2v) is 11.1. The highest BCUT2D eigenvalue weighted by atomic mass is 28.3. The highest BCUT2D eigenvalue weighted by molar-refractivity contribution is 6.83. The summed E-state index contributed by atoms with van der Waals surface area (Å²) in [6.45, 7) is 9.08. The number of carbonyl (C=O) groups is 1. The van der Waals surface area contributed by atoms with Gasteiger partial charge in [0.25, 0.3) is 0 Å². The molecule has 3 nitrogen and oxygen atoms in total. The molecule has 1 aromatic carbocycles. The average molecular weight is 302 g/mol. The highest BCUT2D eigenvalue weighted by Crippen LogP contribution is 2.06. The van der Waals surface area contributed by atoms with Crippen LogP contribution >= 0.6 is 0 Å². The van der Waals surface area contributed by atoms with Crippen molar-refractivity contribution in [2.24, 2.45) is 5.73 Å². The Hall–Kier alpha value is -1.57. The van der Waals surface area contributed by atoms with Gasteiger partial charge < -0.3 is 11.1 Å². The van der Waals surface area contributed by atoms with E-state index in [0.29, 0.717) is 6.54 Å². The summed E-state index contributed by atoms with van der Waals surface area (Å²) >= 11 is 0. The maximum absolute atomic E-state index is 11.3. The third kappa shape index (κ3) is 7.69. The van der Waals surface area contributed by atoms with Crippen LogP contribution in [0.25, 0.3) is 0 Å². The fraction of sp³-hybridized carbons (Fsp3) is 0.471. The summed E-state index contributed by atoms with van der Waals surface area (Å²) in [4.78, 5) is 11.3. The lowest BCUT2D eigenvalue weighted by Crippen LogP contribution is -2.38. The second-order valence-electron chi connectivity index (χ2n) is 6.38. The van der Waals surface area contributed by atoms with Crippen LogP contribution in [0.5, 0.6) is 0 Å². The molecular formula is C17H26N2OSi. The molecule has 0 aliphatic rings. The summed E-state index contributed by atoms with van der Waals surface area (Å²) < 4.78 is 0. The van der Waals surface area contributed by atoms with Crippen LogP contribution in [-0.2, 0) is 11.2 Å². The number of rotatable bonds is 5. The highest BCUT2D eigenvalue weighted by Gasteiger charge is 2.07. The number of nitrogens with two attached hydrogens (primary N) is 1. The zero-order valence-electron chi connectivity index (χ0n) is 13.5. The van der Waals surface area contributed by atoms with Gasteiger partial charge in [0.2, 0.25) is 5.91 Å². The predicted octanol–water partition coefficient (Wildman–Crippen LogP) is 2.31. The number of hydrogen-bond donors (Lipinski definition) is 2. The minimum absolute atomic E-state index is 0.0908. The van der Waals surface area contributed by atoms with Crippen LogP contribution in [0.4, 0.5) is 0 Å². The van der Waals surface area contributed by atoms with Crippen molar-refractivity contribution < 1.29 is 4.79 Å². The Morgan fingerprint density at radius 2 is 1.90 bits per heavy atom. The number of amides is 1. The van der Waals surface area contributed by atoms with Gasteiger partial charge in [-0.2, -0.15) is 0 Å². The Kier molecular flexibility index (Phi) is 6.67. The van der Waals surface area contributed by atoms with Crippen molar-refractivity contribution in [2.75, 3.05) is 6.54 Å². The molecule has 0 radical (unpaired) electrons. The predicted molar refractivity (Wildman–Crippen MR) is 91.6 cm³/mol. The molecule has 0 aliphatic heterocycles. The van der Waals surface area contributed by atoms with Gasteiger partial charge in [-0.25, -0.2) is 0 Å². The first-order valence-corrected chi connectivity index (χ1v) is 10.9. The largest absolute Gasteiger partial charge is 0.355 e. The lowest BCUT2D eigenvalue weighted by molar-refractivity contribution is -0.121. The van der Waals surface area contributed by atoms with Crippen LogP contribution in [0, 0.1) is 11.5 Å². The summed E-state index contributed by atoms with van der Waals surface area (Å²) in [6.07, 6.45) is 1.86. The molecule has 1 aromatic rings. The molecule has 4 heteroatoms. The average Bonchev–Trinajstić information content (AvgIpc) is 2.41. The summed E-state index contributed by atoms with van der Waals surface area (Å²) in [7, 11) is -1.31. The Morgan fingerprint density at radius 1 is 1.29 bits per heavy atom. The quantitative estimate of drug-likeness (QED) is 0.498. The normalized spacial score (nSPS) is 12.2. The van der Waals surface area contributed by atoms with E-state index >= 15 is 0 Å². The Bertz CT molecular complexity index is 518. The maximum atomic E-state index is 11.3. The number of carbonyl (C=O) groups excluding carboxylic acids is 1. The van der Waals surface area contributed by atoms with E-state index in [1.54, 1.807) is 6.92 Å². The van der Waals surface area contributed by atoms with E-state index < -0.39 is 14.1 Å². The van der Waals surface area contributed by atoms with E-state index in [9.17, 15) is 4.79 Å². The SMILES string of the molecule is C[C@H](N)C(=O)NCCCc1ccc(C#C[Si](C)(C)C)cc1. The third-order valence-corrected chi connectivity index (χ3v) is 3.77. The molecule has 0 spiro atoms. The fourth-order valence-electron chi connectivity index (χ4n) is 1.68. The molecule has 0 aromatic heterocycles. The van der Waals surface area contributed by atoms with Crippen molar-refractivity contribution in [1.82, 2.24) is 5.32 Å². The number of aryl methyl sites for hydroxylation is 1. The van der Waals surface area contributed by atoms with Crippen molar-refractivity contribution in [3.63, 3.8) is 0 Å². The van der Waals surface area contributed by atoms with Crippen LogP contribution < -0.4 is 11.1 Å². The first-order valence-electron chi connectivity index (χ1n) is 7.43. The van der Waals surface area contributed by atoms with Crippen LogP contribution in [0.2, 0.25) is 19.6 Å². The van der Waals surface area contributed by atoms with Gasteiger partial charge in [0.05, 0.1) is 6.04 Å². The lowest BCUT2D eigenvalue weighted by atomic mass is 10.1. The monoisotopic (exact) mass is 302 g/mol.